The molecule has 14 aromatic rings. The number of furan rings is 1. The number of aromatic nitrogens is 4. The molecule has 0 saturated carbocycles. The molecule has 3 aromatic heterocycles. The van der Waals surface area contributed by atoms with E-state index in [9.17, 15) is 0 Å². The van der Waals surface area contributed by atoms with Crippen molar-refractivity contribution in [2.45, 2.75) is 0 Å². The van der Waals surface area contributed by atoms with Crippen LogP contribution in [0.4, 0.5) is 0 Å². The highest BCUT2D eigenvalue weighted by Crippen LogP contribution is 2.45. The summed E-state index contributed by atoms with van der Waals surface area (Å²) < 4.78 is 9.26. The first-order chi connectivity index (χ1) is 32.7. The highest BCUT2D eigenvalue weighted by molar-refractivity contribution is 6.20. The summed E-state index contributed by atoms with van der Waals surface area (Å²) in [6.45, 7) is 0. The second-order valence-electron chi connectivity index (χ2n) is 17.1. The molecule has 0 unspecified atom stereocenters. The van der Waals surface area contributed by atoms with Gasteiger partial charge in [0.15, 0.2) is 17.5 Å². The van der Waals surface area contributed by atoms with Crippen LogP contribution in [0.5, 0.6) is 0 Å². The van der Waals surface area contributed by atoms with E-state index >= 15 is 0 Å². The molecule has 0 spiro atoms. The van der Waals surface area contributed by atoms with Crippen LogP contribution in [0.25, 0.3) is 138 Å². The maximum Gasteiger partial charge on any atom is 0.165 e. The Balaban J connectivity index is 1.09. The van der Waals surface area contributed by atoms with E-state index in [-0.39, 0.29) is 0 Å². The van der Waals surface area contributed by atoms with E-state index < -0.39 is 0 Å². The number of benzene rings is 11. The largest absolute Gasteiger partial charge is 0.455 e. The molecule has 11 aromatic carbocycles. The second-order valence-corrected chi connectivity index (χ2v) is 17.1. The van der Waals surface area contributed by atoms with Crippen LogP contribution in [0.3, 0.4) is 0 Å². The zero-order valence-electron chi connectivity index (χ0n) is 35.5. The molecule has 0 radical (unpaired) electrons. The van der Waals surface area contributed by atoms with E-state index in [4.69, 9.17) is 19.4 Å². The van der Waals surface area contributed by atoms with Gasteiger partial charge < -0.3 is 8.98 Å². The Morgan fingerprint density at radius 3 is 1.73 bits per heavy atom. The molecule has 0 fully saturated rings. The van der Waals surface area contributed by atoms with Gasteiger partial charge in [-0.15, -0.1) is 0 Å². The lowest BCUT2D eigenvalue weighted by Crippen LogP contribution is -2.02. The molecule has 0 amide bonds. The first-order valence-electron chi connectivity index (χ1n) is 22.3. The predicted octanol–water partition coefficient (Wildman–Crippen LogP) is 16.1. The molecule has 0 aliphatic heterocycles. The van der Waals surface area contributed by atoms with Gasteiger partial charge >= 0.3 is 0 Å². The van der Waals surface area contributed by atoms with Crippen molar-refractivity contribution in [3.8, 4) is 51.0 Å². The molecule has 14 rings (SSSR count). The van der Waals surface area contributed by atoms with E-state index in [0.29, 0.717) is 17.5 Å². The van der Waals surface area contributed by atoms with Gasteiger partial charge in [-0.25, -0.2) is 15.0 Å². The number of fused-ring (bicyclic) bond motifs is 11. The van der Waals surface area contributed by atoms with Crippen molar-refractivity contribution in [2.24, 2.45) is 0 Å². The zero-order valence-corrected chi connectivity index (χ0v) is 35.5. The molecule has 0 saturated heterocycles. The SMILES string of the molecule is c1ccc(-c2nc(-c3ccc(-n4c5ccccc5c5cc6ccccc6cc54)c(-c4cccc5oc6c7ccccc7ccc6c45)c3)nc(-c3c4ccccc4cc4ccccc34)n2)cc1. The first kappa shape index (κ1) is 36.5. The minimum atomic E-state index is 0.590. The Hall–Kier alpha value is -8.93. The molecule has 66 heavy (non-hydrogen) atoms. The van der Waals surface area contributed by atoms with Crippen LogP contribution < -0.4 is 0 Å². The monoisotopic (exact) mass is 840 g/mol. The number of para-hydroxylation sites is 1. The maximum absolute atomic E-state index is 6.82. The Labute approximate surface area is 378 Å². The first-order valence-corrected chi connectivity index (χ1v) is 22.3. The Bertz CT molecular complexity index is 4240. The van der Waals surface area contributed by atoms with Crippen LogP contribution >= 0.6 is 0 Å². The van der Waals surface area contributed by atoms with Crippen molar-refractivity contribution in [1.82, 2.24) is 19.5 Å². The third kappa shape index (κ3) is 5.57. The van der Waals surface area contributed by atoms with Gasteiger partial charge in [-0.05, 0) is 97.9 Å². The van der Waals surface area contributed by atoms with Crippen LogP contribution in [-0.4, -0.2) is 19.5 Å². The van der Waals surface area contributed by atoms with Gasteiger partial charge in [0.05, 0.1) is 16.7 Å². The molecule has 0 N–H and O–H groups in total. The van der Waals surface area contributed by atoms with Gasteiger partial charge in [0.2, 0.25) is 0 Å². The summed E-state index contributed by atoms with van der Waals surface area (Å²) in [6, 6.07) is 77.5. The summed E-state index contributed by atoms with van der Waals surface area (Å²) in [7, 11) is 0. The summed E-state index contributed by atoms with van der Waals surface area (Å²) in [5.41, 5.74) is 9.89. The number of rotatable bonds is 5. The van der Waals surface area contributed by atoms with Crippen molar-refractivity contribution in [3.63, 3.8) is 0 Å². The van der Waals surface area contributed by atoms with Crippen molar-refractivity contribution < 1.29 is 4.42 Å². The van der Waals surface area contributed by atoms with Crippen molar-refractivity contribution in [3.05, 3.63) is 218 Å². The molecule has 306 valence electrons. The van der Waals surface area contributed by atoms with Crippen LogP contribution in [0.15, 0.2) is 223 Å². The summed E-state index contributed by atoms with van der Waals surface area (Å²) in [6.07, 6.45) is 0. The third-order valence-electron chi connectivity index (χ3n) is 13.4. The standard InChI is InChI=1S/C61H36N4O/c1-2-16-38(17-3-1)59-62-60(64-61(63-59)57-44-22-9-7-20-41(44)33-42-21-8-10-23-45(42)57)43-30-32-53(65-52-27-13-12-25-47(52)50-34-39-18-4-5-19-40(39)36-54(50)65)51(35-43)48-26-14-28-55-56(48)49-31-29-37-15-6-11-24-46(37)58(49)66-55/h1-36H. The molecule has 3 heterocycles. The highest BCUT2D eigenvalue weighted by Gasteiger charge is 2.23. The molecular weight excluding hydrogens is 805 g/mol. The Kier molecular flexibility index (Phi) is 7.91. The van der Waals surface area contributed by atoms with Crippen LogP contribution in [0.1, 0.15) is 0 Å². The van der Waals surface area contributed by atoms with Crippen LogP contribution in [0, 0.1) is 0 Å². The van der Waals surface area contributed by atoms with Gasteiger partial charge in [-0.2, -0.15) is 0 Å². The summed E-state index contributed by atoms with van der Waals surface area (Å²) in [5.74, 6) is 1.83. The fourth-order valence-corrected chi connectivity index (χ4v) is 10.4. The van der Waals surface area contributed by atoms with Gasteiger partial charge in [0.1, 0.15) is 11.2 Å². The van der Waals surface area contributed by atoms with Crippen molar-refractivity contribution in [2.75, 3.05) is 0 Å². The molecule has 0 aliphatic carbocycles. The van der Waals surface area contributed by atoms with E-state index in [0.717, 1.165) is 98.8 Å². The average molecular weight is 841 g/mol. The van der Waals surface area contributed by atoms with E-state index in [1.165, 1.54) is 21.5 Å². The fourth-order valence-electron chi connectivity index (χ4n) is 10.4. The average Bonchev–Trinajstić information content (AvgIpc) is 3.93. The van der Waals surface area contributed by atoms with Crippen LogP contribution in [0.2, 0.25) is 0 Å². The molecule has 5 nitrogen and oxygen atoms in total. The van der Waals surface area contributed by atoms with Gasteiger partial charge in [0, 0.05) is 49.2 Å². The number of hydrogen-bond acceptors (Lipinski definition) is 4. The fraction of sp³-hybridized carbons (Fsp3) is 0. The van der Waals surface area contributed by atoms with E-state index in [2.05, 4.69) is 205 Å². The topological polar surface area (TPSA) is 56.7 Å². The molecule has 5 heteroatoms. The lowest BCUT2D eigenvalue weighted by Gasteiger charge is -2.17. The molecule has 0 bridgehead atoms. The molecule has 0 atom stereocenters. The van der Waals surface area contributed by atoms with Gasteiger partial charge in [-0.3, -0.25) is 0 Å². The Morgan fingerprint density at radius 1 is 0.333 bits per heavy atom. The third-order valence-corrected chi connectivity index (χ3v) is 13.4. The van der Waals surface area contributed by atoms with Crippen molar-refractivity contribution >= 4 is 86.8 Å². The van der Waals surface area contributed by atoms with E-state index in [1.54, 1.807) is 0 Å². The normalized spacial score (nSPS) is 11.9. The lowest BCUT2D eigenvalue weighted by molar-refractivity contribution is 0.673. The summed E-state index contributed by atoms with van der Waals surface area (Å²) in [4.78, 5) is 16.0. The minimum Gasteiger partial charge on any atom is -0.455 e. The minimum absolute atomic E-state index is 0.590. The lowest BCUT2D eigenvalue weighted by atomic mass is 9.95. The van der Waals surface area contributed by atoms with E-state index in [1.807, 2.05) is 18.2 Å². The molecular formula is C61H36N4O. The van der Waals surface area contributed by atoms with Gasteiger partial charge in [0.25, 0.3) is 0 Å². The quantitative estimate of drug-likeness (QED) is 0.162. The van der Waals surface area contributed by atoms with Crippen molar-refractivity contribution in [1.29, 1.82) is 0 Å². The number of hydrogen-bond donors (Lipinski definition) is 0. The predicted molar refractivity (Wildman–Crippen MR) is 273 cm³/mol. The molecule has 0 aliphatic rings. The summed E-state index contributed by atoms with van der Waals surface area (Å²) in [5, 5.41) is 13.6. The Morgan fingerprint density at radius 2 is 0.955 bits per heavy atom. The summed E-state index contributed by atoms with van der Waals surface area (Å²) >= 11 is 0. The van der Waals surface area contributed by atoms with Gasteiger partial charge in [-0.1, -0.05) is 164 Å². The number of nitrogens with zero attached hydrogens (tertiary/aromatic N) is 4. The highest BCUT2D eigenvalue weighted by atomic mass is 16.3. The maximum atomic E-state index is 6.82. The zero-order chi connectivity index (χ0) is 43.3. The second kappa shape index (κ2) is 14.3. The van der Waals surface area contributed by atoms with Crippen LogP contribution in [-0.2, 0) is 0 Å². The smallest absolute Gasteiger partial charge is 0.165 e.